The van der Waals surface area contributed by atoms with Crippen molar-refractivity contribution in [2.24, 2.45) is 0 Å². The van der Waals surface area contributed by atoms with Gasteiger partial charge in [0.25, 0.3) is 0 Å². The minimum absolute atomic E-state index is 0.0743. The molecule has 0 unspecified atom stereocenters. The lowest BCUT2D eigenvalue weighted by molar-refractivity contribution is -0.139. The predicted octanol–water partition coefficient (Wildman–Crippen LogP) is -1.38. The highest BCUT2D eigenvalue weighted by Crippen LogP contribution is 2.45. The topological polar surface area (TPSA) is 195 Å². The lowest BCUT2D eigenvalue weighted by atomic mass is 10.1. The number of ether oxygens (including phenoxy) is 4. The zero-order valence-electron chi connectivity index (χ0n) is 18.9. The largest absolute Gasteiger partial charge is 0.466 e. The maximum Gasteiger partial charge on any atom is 0.330 e. The fourth-order valence-electron chi connectivity index (χ4n) is 2.14. The second kappa shape index (κ2) is 15.3. The first-order chi connectivity index (χ1) is 16.3. The molecule has 0 aliphatic carbocycles. The van der Waals surface area contributed by atoms with Gasteiger partial charge in [0.1, 0.15) is 19.6 Å². The van der Waals surface area contributed by atoms with Crippen LogP contribution in [0.2, 0.25) is 0 Å². The van der Waals surface area contributed by atoms with Crippen molar-refractivity contribution in [3.8, 4) is 17.2 Å². The summed E-state index contributed by atoms with van der Waals surface area (Å²) in [5.74, 6) is -4.66. The van der Waals surface area contributed by atoms with Crippen LogP contribution in [0.1, 0.15) is 5.56 Å². The van der Waals surface area contributed by atoms with Crippen molar-refractivity contribution in [3.63, 3.8) is 0 Å². The van der Waals surface area contributed by atoms with Crippen LogP contribution >= 0.6 is 0 Å². The molecule has 0 aliphatic rings. The Kier molecular flexibility index (Phi) is 12.8. The molecule has 0 aromatic heterocycles. The quantitative estimate of drug-likeness (QED) is 0.0789. The van der Waals surface area contributed by atoms with Gasteiger partial charge in [0, 0.05) is 11.6 Å². The lowest BCUT2D eigenvalue weighted by Gasteiger charge is -2.18. The van der Waals surface area contributed by atoms with Crippen LogP contribution in [0.3, 0.4) is 0 Å². The highest BCUT2D eigenvalue weighted by molar-refractivity contribution is 5.91. The van der Waals surface area contributed by atoms with Crippen molar-refractivity contribution in [2.45, 2.75) is 0 Å². The van der Waals surface area contributed by atoms with E-state index in [1.807, 2.05) is 0 Å². The van der Waals surface area contributed by atoms with Crippen LogP contribution in [0, 0.1) is 0 Å². The Morgan fingerprint density at radius 2 is 1.26 bits per heavy atom. The first-order valence-corrected chi connectivity index (χ1v) is 9.39. The summed E-state index contributed by atoms with van der Waals surface area (Å²) in [6, 6.07) is 1.19. The average Bonchev–Trinajstić information content (AvgIpc) is 2.82. The standard InChI is InChI=1S/C19H26N4O11/c1-28-13(24)6-5-11-7-12(32-14(25)8-21-29-2)18(33-15(26)9-22-30-3)19(17(11)20)34-16(27)10-23-31-4/h5-7,21-23H,8-10,20H2,1-4H3/b6-5+. The van der Waals surface area contributed by atoms with E-state index in [2.05, 4.69) is 35.7 Å². The lowest BCUT2D eigenvalue weighted by Crippen LogP contribution is -2.29. The zero-order valence-corrected chi connectivity index (χ0v) is 18.9. The van der Waals surface area contributed by atoms with E-state index < -0.39 is 48.5 Å². The summed E-state index contributed by atoms with van der Waals surface area (Å²) in [5, 5.41) is 0. The highest BCUT2D eigenvalue weighted by Gasteiger charge is 2.26. The number of esters is 4. The third-order valence-corrected chi connectivity index (χ3v) is 3.61. The fourth-order valence-corrected chi connectivity index (χ4v) is 2.14. The smallest absolute Gasteiger partial charge is 0.330 e. The molecule has 0 spiro atoms. The highest BCUT2D eigenvalue weighted by atomic mass is 16.7. The van der Waals surface area contributed by atoms with Crippen LogP contribution in [0.5, 0.6) is 17.2 Å². The van der Waals surface area contributed by atoms with Crippen molar-refractivity contribution in [1.82, 2.24) is 16.4 Å². The number of hydrogen-bond donors (Lipinski definition) is 4. The van der Waals surface area contributed by atoms with Crippen LogP contribution in [-0.4, -0.2) is 72.0 Å². The van der Waals surface area contributed by atoms with E-state index in [1.165, 1.54) is 40.6 Å². The first-order valence-electron chi connectivity index (χ1n) is 9.39. The van der Waals surface area contributed by atoms with Crippen LogP contribution in [0.25, 0.3) is 6.08 Å². The summed E-state index contributed by atoms with van der Waals surface area (Å²) >= 11 is 0. The number of benzene rings is 1. The Morgan fingerprint density at radius 3 is 1.74 bits per heavy atom. The van der Waals surface area contributed by atoms with Crippen LogP contribution in [0.4, 0.5) is 5.69 Å². The molecule has 0 saturated heterocycles. The van der Waals surface area contributed by atoms with Gasteiger partial charge < -0.3 is 39.2 Å². The van der Waals surface area contributed by atoms with Crippen LogP contribution < -0.4 is 36.4 Å². The van der Waals surface area contributed by atoms with Crippen molar-refractivity contribution in [3.05, 3.63) is 17.7 Å². The molecule has 0 radical (unpaired) electrons. The molecule has 15 heteroatoms. The van der Waals surface area contributed by atoms with Crippen molar-refractivity contribution >= 4 is 35.6 Å². The average molecular weight is 486 g/mol. The molecule has 1 rings (SSSR count). The number of hydrogen-bond acceptors (Lipinski definition) is 15. The molecular weight excluding hydrogens is 460 g/mol. The van der Waals surface area contributed by atoms with Gasteiger partial charge in [0.2, 0.25) is 11.5 Å². The predicted molar refractivity (Wildman–Crippen MR) is 114 cm³/mol. The second-order valence-electron chi connectivity index (χ2n) is 5.89. The van der Waals surface area contributed by atoms with E-state index in [9.17, 15) is 19.2 Å². The van der Waals surface area contributed by atoms with Crippen molar-refractivity contribution in [1.29, 1.82) is 0 Å². The number of rotatable bonds is 14. The molecule has 188 valence electrons. The van der Waals surface area contributed by atoms with Crippen molar-refractivity contribution in [2.75, 3.05) is 53.8 Å². The number of hydroxylamine groups is 3. The van der Waals surface area contributed by atoms with Gasteiger partial charge in [0.05, 0.1) is 34.1 Å². The minimum atomic E-state index is -0.904. The Bertz CT molecular complexity index is 905. The maximum atomic E-state index is 12.2. The normalized spacial score (nSPS) is 10.7. The van der Waals surface area contributed by atoms with Crippen molar-refractivity contribution < 1.29 is 52.6 Å². The van der Waals surface area contributed by atoms with E-state index in [1.54, 1.807) is 0 Å². The summed E-state index contributed by atoms with van der Waals surface area (Å²) in [6.45, 7) is -1.22. The van der Waals surface area contributed by atoms with Gasteiger partial charge in [-0.1, -0.05) is 0 Å². The molecule has 0 bridgehead atoms. The number of methoxy groups -OCH3 is 1. The summed E-state index contributed by atoms with van der Waals surface area (Å²) < 4.78 is 20.3. The second-order valence-corrected chi connectivity index (χ2v) is 5.89. The van der Waals surface area contributed by atoms with Gasteiger partial charge >= 0.3 is 23.9 Å². The first kappa shape index (κ1) is 28.4. The SMILES string of the molecule is CONCC(=O)Oc1cc(/C=C/C(=O)OC)c(N)c(OC(=O)CNOC)c1OC(=O)CNOC. The maximum absolute atomic E-state index is 12.2. The van der Waals surface area contributed by atoms with E-state index in [-0.39, 0.29) is 23.5 Å². The fraction of sp³-hybridized carbons (Fsp3) is 0.368. The Labute approximate surface area is 194 Å². The van der Waals surface area contributed by atoms with E-state index in [0.717, 1.165) is 6.08 Å². The van der Waals surface area contributed by atoms with Crippen LogP contribution in [0.15, 0.2) is 12.1 Å². The number of nitrogens with one attached hydrogen (secondary N) is 3. The van der Waals surface area contributed by atoms with E-state index in [4.69, 9.17) is 19.9 Å². The number of anilines is 1. The molecule has 34 heavy (non-hydrogen) atoms. The number of carbonyl (C=O) groups excluding carboxylic acids is 4. The third-order valence-electron chi connectivity index (χ3n) is 3.61. The number of nitrogens with two attached hydrogens (primary N) is 1. The monoisotopic (exact) mass is 486 g/mol. The molecule has 0 aliphatic heterocycles. The molecule has 0 saturated carbocycles. The van der Waals surface area contributed by atoms with E-state index in [0.29, 0.717) is 0 Å². The molecule has 0 amide bonds. The number of nitrogen functional groups attached to an aromatic ring is 1. The Hall–Kier alpha value is -3.60. The molecule has 1 aromatic rings. The minimum Gasteiger partial charge on any atom is -0.466 e. The molecule has 0 atom stereocenters. The summed E-state index contributed by atoms with van der Waals surface area (Å²) in [5.41, 5.74) is 12.8. The van der Waals surface area contributed by atoms with Gasteiger partial charge in [-0.3, -0.25) is 14.4 Å². The molecule has 5 N–H and O–H groups in total. The van der Waals surface area contributed by atoms with Crippen LogP contribution in [-0.2, 0) is 38.4 Å². The number of carbonyl (C=O) groups is 4. The van der Waals surface area contributed by atoms with Gasteiger partial charge in [-0.2, -0.15) is 16.4 Å². The molecular formula is C19H26N4O11. The van der Waals surface area contributed by atoms with Gasteiger partial charge in [-0.25, -0.2) is 4.79 Å². The zero-order chi connectivity index (χ0) is 25.5. The molecule has 15 nitrogen and oxygen atoms in total. The summed E-state index contributed by atoms with van der Waals surface area (Å²) in [4.78, 5) is 61.9. The molecule has 0 fully saturated rings. The van der Waals surface area contributed by atoms with Gasteiger partial charge in [0.15, 0.2) is 5.75 Å². The van der Waals surface area contributed by atoms with Gasteiger partial charge in [-0.15, -0.1) is 0 Å². The Balaban J connectivity index is 3.57. The Morgan fingerprint density at radius 1 is 0.794 bits per heavy atom. The molecule has 1 aromatic carbocycles. The summed E-state index contributed by atoms with van der Waals surface area (Å²) in [6.07, 6.45) is 2.24. The van der Waals surface area contributed by atoms with E-state index >= 15 is 0 Å². The molecule has 0 heterocycles. The van der Waals surface area contributed by atoms with Gasteiger partial charge in [-0.05, 0) is 12.1 Å². The summed E-state index contributed by atoms with van der Waals surface area (Å²) in [7, 11) is 5.01. The third kappa shape index (κ3) is 9.49.